The van der Waals surface area contributed by atoms with E-state index in [9.17, 15) is 58.2 Å². The van der Waals surface area contributed by atoms with Crippen molar-refractivity contribution in [3.63, 3.8) is 0 Å². The normalized spacial score (nSPS) is 17.0. The van der Waals surface area contributed by atoms with Gasteiger partial charge in [-0.15, -0.1) is 22.7 Å². The smallest absolute Gasteiger partial charge is 0.278 e. The molecule has 6 aromatic heterocycles. The first kappa shape index (κ1) is 65.3. The molecule has 10 amide bonds. The number of fused-ring (bicyclic) bond motifs is 13. The SMILES string of the molecule is C=C(NC(=O)C(=C)NC(=O)C(=C)NC(=O)c1ccc2c(n1)-c1nc(oc1C)C(=C)NC(=O)C(=C)NC(=O)c1nc(oc1C)/C(=C/C)NC(=O)c1csc(n1)[C@@H](OC)NC(=O)c1nc(oc1C)/C(=C/[C@H](C)O)NC(=O)[C@@H]([C@@H](C)O)NC(=O)c1csc-2n1)C(N)=O. The number of ether oxygens (including phenoxy) is 1. The molecular weight excluding hydrogens is 1200 g/mol. The van der Waals surface area contributed by atoms with E-state index < -0.39 is 112 Å². The fraction of sp³-hybridized carbons (Fsp3) is 0.200. The number of nitrogens with zero attached hydrogens (tertiary/aromatic N) is 6. The topological polar surface area (TPSA) is 471 Å². The summed E-state index contributed by atoms with van der Waals surface area (Å²) in [5, 5.41) is 45.4. The van der Waals surface area contributed by atoms with Crippen LogP contribution in [0.3, 0.4) is 0 Å². The highest BCUT2D eigenvalue weighted by Gasteiger charge is 2.33. The highest BCUT2D eigenvalue weighted by molar-refractivity contribution is 7.13. The Balaban J connectivity index is 1.25. The molecule has 462 valence electrons. The minimum Gasteiger partial charge on any atom is -0.440 e. The molecule has 0 saturated carbocycles. The van der Waals surface area contributed by atoms with E-state index in [-0.39, 0.29) is 102 Å². The number of primary amides is 1. The second kappa shape index (κ2) is 27.4. The molecule has 0 radical (unpaired) electrons. The number of pyridine rings is 1. The average molecular weight is 1260 g/mol. The van der Waals surface area contributed by atoms with Gasteiger partial charge in [-0.3, -0.25) is 47.9 Å². The first-order valence-corrected chi connectivity index (χ1v) is 27.4. The van der Waals surface area contributed by atoms with Crippen molar-refractivity contribution in [2.75, 3.05) is 7.11 Å². The number of oxazole rings is 3. The lowest BCUT2D eigenvalue weighted by molar-refractivity contribution is -0.124. The van der Waals surface area contributed by atoms with Crippen LogP contribution < -0.4 is 53.6 Å². The zero-order chi connectivity index (χ0) is 65.5. The minimum absolute atomic E-state index is 0.00301. The Labute approximate surface area is 510 Å². The van der Waals surface area contributed by atoms with Gasteiger partial charge in [0.15, 0.2) is 17.6 Å². The number of carbonyl (C=O) groups is 10. The molecule has 4 atom stereocenters. The van der Waals surface area contributed by atoms with Gasteiger partial charge in [0.05, 0.1) is 40.7 Å². The van der Waals surface area contributed by atoms with Gasteiger partial charge in [-0.1, -0.05) is 39.0 Å². The second-order valence-corrected chi connectivity index (χ2v) is 20.5. The molecule has 0 unspecified atom stereocenters. The molecule has 0 saturated heterocycles. The third-order valence-corrected chi connectivity index (χ3v) is 13.8. The molecule has 1 aliphatic rings. The number of aliphatic hydroxyl groups excluding tert-OH is 2. The summed E-state index contributed by atoms with van der Waals surface area (Å²) in [5.74, 6) is -11.0. The highest BCUT2D eigenvalue weighted by atomic mass is 32.1. The summed E-state index contributed by atoms with van der Waals surface area (Å²) >= 11 is 1.81. The van der Waals surface area contributed by atoms with E-state index >= 15 is 0 Å². The van der Waals surface area contributed by atoms with Gasteiger partial charge >= 0.3 is 0 Å². The molecule has 7 rings (SSSR count). The maximum atomic E-state index is 14.0. The lowest BCUT2D eigenvalue weighted by Gasteiger charge is -2.21. The number of hydrogen-bond acceptors (Lipinski definition) is 24. The van der Waals surface area contributed by atoms with Gasteiger partial charge in [0.25, 0.3) is 53.2 Å². The van der Waals surface area contributed by atoms with Crippen molar-refractivity contribution in [3.8, 4) is 22.0 Å². The number of aliphatic hydroxyl groups is 2. The van der Waals surface area contributed by atoms with Crippen LogP contribution in [0.2, 0.25) is 0 Å². The third-order valence-electron chi connectivity index (χ3n) is 12.0. The van der Waals surface area contributed by atoms with E-state index in [2.05, 4.69) is 105 Å². The Kier molecular flexibility index (Phi) is 20.2. The minimum atomic E-state index is -1.74. The van der Waals surface area contributed by atoms with Crippen molar-refractivity contribution < 1.29 is 76.1 Å². The lowest BCUT2D eigenvalue weighted by atomic mass is 10.1. The van der Waals surface area contributed by atoms with E-state index in [1.54, 1.807) is 6.92 Å². The van der Waals surface area contributed by atoms with Crippen LogP contribution in [-0.4, -0.2) is 125 Å². The first-order chi connectivity index (χ1) is 42.0. The average Bonchev–Trinajstić information content (AvgIpc) is 1.77. The van der Waals surface area contributed by atoms with E-state index in [4.69, 9.17) is 23.7 Å². The molecule has 1 aliphatic heterocycles. The molecule has 89 heavy (non-hydrogen) atoms. The number of allylic oxidation sites excluding steroid dienone is 1. The van der Waals surface area contributed by atoms with E-state index in [0.29, 0.717) is 0 Å². The van der Waals surface area contributed by atoms with Gasteiger partial charge in [-0.2, -0.15) is 0 Å². The maximum Gasteiger partial charge on any atom is 0.278 e. The summed E-state index contributed by atoms with van der Waals surface area (Å²) in [6, 6.07) is 0.792. The first-order valence-electron chi connectivity index (χ1n) is 25.7. The van der Waals surface area contributed by atoms with Gasteiger partial charge in [-0.05, 0) is 59.8 Å². The predicted octanol–water partition coefficient (Wildman–Crippen LogP) is 1.43. The van der Waals surface area contributed by atoms with Crippen LogP contribution >= 0.6 is 22.7 Å². The number of rotatable bonds is 10. The summed E-state index contributed by atoms with van der Waals surface area (Å²) in [7, 11) is 1.25. The Morgan fingerprint density at radius 3 is 1.83 bits per heavy atom. The molecule has 0 fully saturated rings. The Morgan fingerprint density at radius 1 is 0.652 bits per heavy atom. The monoisotopic (exact) mass is 1260 g/mol. The van der Waals surface area contributed by atoms with Crippen molar-refractivity contribution in [2.24, 2.45) is 5.73 Å². The van der Waals surface area contributed by atoms with Crippen molar-refractivity contribution in [1.29, 1.82) is 0 Å². The zero-order valence-corrected chi connectivity index (χ0v) is 49.6. The molecular formula is C55H54N16O16S2. The Morgan fingerprint density at radius 2 is 1.21 bits per heavy atom. The molecule has 0 aliphatic carbocycles. The van der Waals surface area contributed by atoms with Crippen LogP contribution in [0.5, 0.6) is 0 Å². The van der Waals surface area contributed by atoms with Crippen LogP contribution in [0.25, 0.3) is 39.1 Å². The van der Waals surface area contributed by atoms with E-state index in [1.165, 1.54) is 70.7 Å². The molecule has 6 aromatic rings. The summed E-state index contributed by atoms with van der Waals surface area (Å²) in [6.07, 6.45) is -1.61. The van der Waals surface area contributed by atoms with Gasteiger partial charge in [0.1, 0.15) is 73.2 Å². The number of thiazole rings is 2. The molecule has 32 nitrogen and oxygen atoms in total. The largest absolute Gasteiger partial charge is 0.440 e. The molecule has 0 aromatic carbocycles. The van der Waals surface area contributed by atoms with Gasteiger partial charge in [-0.25, -0.2) is 29.9 Å². The molecule has 34 heteroatoms. The number of amides is 10. The number of hydrogen-bond donors (Lipinski definition) is 12. The number of carbonyl (C=O) groups excluding carboxylic acids is 10. The van der Waals surface area contributed by atoms with Crippen molar-refractivity contribution >= 4 is 98.8 Å². The van der Waals surface area contributed by atoms with Gasteiger partial charge in [0, 0.05) is 23.4 Å². The molecule has 10 bridgehead atoms. The molecule has 0 spiro atoms. The Hall–Kier alpha value is -11.2. The second-order valence-electron chi connectivity index (χ2n) is 18.7. The van der Waals surface area contributed by atoms with Crippen LogP contribution in [0.4, 0.5) is 0 Å². The van der Waals surface area contributed by atoms with Crippen molar-refractivity contribution in [2.45, 2.75) is 66.0 Å². The quantitative estimate of drug-likeness (QED) is 0.0863. The van der Waals surface area contributed by atoms with E-state index in [0.717, 1.165) is 28.7 Å². The fourth-order valence-corrected chi connectivity index (χ4v) is 9.19. The third kappa shape index (κ3) is 15.3. The van der Waals surface area contributed by atoms with Crippen LogP contribution in [0, 0.1) is 20.8 Å². The standard InChI is InChI=1S/C55H54N16O16S2/c1-13-30-51-69-37(27(10)86-51)48(82)60-23(6)43(77)61-24(7)50-68-36(26(9)85-50)39-29(14-15-31(62-39)44(78)59-22(5)42(76)58-21(4)41(75)57-20(3)40(56)74)54-65-34(17-88-54)46(80)67-35(25(8)73)47(81)64-32(16-19(2)72)52-70-38(28(11)87-52)49(83)71-53(84-12)55-66-33(18-89-55)45(79)63-30/h13-19,25,35,53,72-73H,3-7H2,1-2,8-12H3,(H2,56,74)(H,57,75)(H,58,76)(H,59,78)(H,60,82)(H,61,77)(H,63,79)(H,64,81)(H,67,80)(H,71,83)/b30-13-,32-16-/t19-,25+,35+,53+/m0/s1. The maximum absolute atomic E-state index is 14.0. The summed E-state index contributed by atoms with van der Waals surface area (Å²) < 4.78 is 22.9. The number of nitrogens with one attached hydrogen (secondary N) is 9. The van der Waals surface area contributed by atoms with Crippen molar-refractivity contribution in [3.05, 3.63) is 159 Å². The van der Waals surface area contributed by atoms with E-state index in [1.807, 2.05) is 5.32 Å². The summed E-state index contributed by atoms with van der Waals surface area (Å²) in [6.45, 7) is 26.0. The van der Waals surface area contributed by atoms with Gasteiger partial charge in [0.2, 0.25) is 23.6 Å². The van der Waals surface area contributed by atoms with Crippen LogP contribution in [0.1, 0.15) is 119 Å². The summed E-state index contributed by atoms with van der Waals surface area (Å²) in [5.41, 5.74) is 0.606. The highest BCUT2D eigenvalue weighted by Crippen LogP contribution is 2.35. The van der Waals surface area contributed by atoms with Crippen molar-refractivity contribution in [1.82, 2.24) is 77.8 Å². The lowest BCUT2D eigenvalue weighted by Crippen LogP contribution is -2.52. The zero-order valence-electron chi connectivity index (χ0n) is 48.0. The number of aryl methyl sites for hydroxylation is 3. The summed E-state index contributed by atoms with van der Waals surface area (Å²) in [4.78, 5) is 159. The number of aromatic nitrogens is 6. The number of methoxy groups -OCH3 is 1. The van der Waals surface area contributed by atoms with Gasteiger partial charge < -0.3 is 81.8 Å². The van der Waals surface area contributed by atoms with Crippen LogP contribution in [0.15, 0.2) is 104 Å². The fourth-order valence-electron chi connectivity index (χ4n) is 7.55. The van der Waals surface area contributed by atoms with Crippen LogP contribution in [-0.2, 0) is 28.7 Å². The predicted molar refractivity (Wildman–Crippen MR) is 313 cm³/mol. The molecule has 13 N–H and O–H groups in total. The number of nitrogens with two attached hydrogens (primary N) is 1. The Bertz CT molecular complexity index is 4080. The molecule has 7 heterocycles.